The number of anilines is 1. The predicted octanol–water partition coefficient (Wildman–Crippen LogP) is 4.17. The molecule has 1 heterocycles. The van der Waals surface area contributed by atoms with E-state index in [1.54, 1.807) is 4.90 Å². The molecule has 3 rings (SSSR count). The van der Waals surface area contributed by atoms with Crippen LogP contribution in [0, 0.1) is 5.82 Å². The largest absolute Gasteiger partial charge is 0.421 e. The standard InChI is InChI=1S/C18H18F4N2/c19-15-7-4-8-16(17(15)18(20,21)22)24-11-9-23(10-12-24)13-14-5-2-1-3-6-14/h1-8H,9-13H2. The highest BCUT2D eigenvalue weighted by Gasteiger charge is 2.38. The van der Waals surface area contributed by atoms with E-state index in [0.29, 0.717) is 26.2 Å². The molecule has 0 bridgehead atoms. The van der Waals surface area contributed by atoms with Gasteiger partial charge in [-0.15, -0.1) is 0 Å². The van der Waals surface area contributed by atoms with E-state index >= 15 is 0 Å². The van der Waals surface area contributed by atoms with Gasteiger partial charge in [0.1, 0.15) is 11.4 Å². The van der Waals surface area contributed by atoms with Gasteiger partial charge in [-0.3, -0.25) is 4.90 Å². The van der Waals surface area contributed by atoms with Gasteiger partial charge in [-0.2, -0.15) is 13.2 Å². The summed E-state index contributed by atoms with van der Waals surface area (Å²) in [6.45, 7) is 2.94. The number of halogens is 4. The SMILES string of the molecule is Fc1cccc(N2CCN(Cc3ccccc3)CC2)c1C(F)(F)F. The van der Waals surface area contributed by atoms with Crippen molar-refractivity contribution in [1.29, 1.82) is 0 Å². The van der Waals surface area contributed by atoms with Gasteiger partial charge in [0.25, 0.3) is 0 Å². The Morgan fingerprint density at radius 1 is 0.833 bits per heavy atom. The van der Waals surface area contributed by atoms with Crippen LogP contribution in [0.25, 0.3) is 0 Å². The lowest BCUT2D eigenvalue weighted by molar-refractivity contribution is -0.139. The lowest BCUT2D eigenvalue weighted by Crippen LogP contribution is -2.46. The molecule has 0 atom stereocenters. The predicted molar refractivity (Wildman–Crippen MR) is 85.3 cm³/mol. The zero-order valence-electron chi connectivity index (χ0n) is 13.1. The molecule has 1 aliphatic heterocycles. The average Bonchev–Trinajstić information content (AvgIpc) is 2.55. The number of hydrogen-bond donors (Lipinski definition) is 0. The summed E-state index contributed by atoms with van der Waals surface area (Å²) in [5.41, 5.74) is -0.0592. The van der Waals surface area contributed by atoms with Gasteiger partial charge < -0.3 is 4.90 Å². The van der Waals surface area contributed by atoms with Gasteiger partial charge in [-0.1, -0.05) is 36.4 Å². The third kappa shape index (κ3) is 3.70. The highest BCUT2D eigenvalue weighted by atomic mass is 19.4. The first-order valence-electron chi connectivity index (χ1n) is 7.82. The van der Waals surface area contributed by atoms with Crippen molar-refractivity contribution < 1.29 is 17.6 Å². The molecular weight excluding hydrogens is 320 g/mol. The normalized spacial score (nSPS) is 16.4. The van der Waals surface area contributed by atoms with Crippen molar-refractivity contribution in [3.8, 4) is 0 Å². The second-order valence-electron chi connectivity index (χ2n) is 5.88. The zero-order chi connectivity index (χ0) is 17.2. The third-order valence-corrected chi connectivity index (χ3v) is 4.24. The second kappa shape index (κ2) is 6.81. The minimum Gasteiger partial charge on any atom is -0.368 e. The molecule has 0 aromatic heterocycles. The first kappa shape index (κ1) is 16.8. The van der Waals surface area contributed by atoms with E-state index in [1.807, 2.05) is 30.3 Å². The fourth-order valence-electron chi connectivity index (χ4n) is 3.05. The maximum absolute atomic E-state index is 13.7. The number of nitrogens with zero attached hydrogens (tertiary/aromatic N) is 2. The monoisotopic (exact) mass is 338 g/mol. The molecule has 1 aliphatic rings. The topological polar surface area (TPSA) is 6.48 Å². The summed E-state index contributed by atoms with van der Waals surface area (Å²) in [6.07, 6.45) is -4.69. The molecule has 24 heavy (non-hydrogen) atoms. The van der Waals surface area contributed by atoms with Gasteiger partial charge in [0.05, 0.1) is 5.69 Å². The quantitative estimate of drug-likeness (QED) is 0.775. The lowest BCUT2D eigenvalue weighted by Gasteiger charge is -2.37. The summed E-state index contributed by atoms with van der Waals surface area (Å²) in [5, 5.41) is 0. The average molecular weight is 338 g/mol. The van der Waals surface area contributed by atoms with Gasteiger partial charge in [0.2, 0.25) is 0 Å². The molecule has 2 aromatic rings. The molecule has 0 aliphatic carbocycles. The van der Waals surface area contributed by atoms with Crippen LogP contribution in [0.1, 0.15) is 11.1 Å². The van der Waals surface area contributed by atoms with Gasteiger partial charge in [-0.05, 0) is 17.7 Å². The summed E-state index contributed by atoms with van der Waals surface area (Å²) >= 11 is 0. The van der Waals surface area contributed by atoms with E-state index in [0.717, 1.165) is 12.6 Å². The molecule has 0 N–H and O–H groups in total. The Kier molecular flexibility index (Phi) is 4.76. The van der Waals surface area contributed by atoms with Crippen LogP contribution in [0.3, 0.4) is 0 Å². The number of hydrogen-bond acceptors (Lipinski definition) is 2. The van der Waals surface area contributed by atoms with Crippen LogP contribution >= 0.6 is 0 Å². The summed E-state index contributed by atoms with van der Waals surface area (Å²) in [4.78, 5) is 3.81. The van der Waals surface area contributed by atoms with Gasteiger partial charge in [0, 0.05) is 32.7 Å². The molecule has 0 spiro atoms. The minimum atomic E-state index is -4.69. The number of rotatable bonds is 3. The molecule has 1 saturated heterocycles. The molecule has 0 unspecified atom stereocenters. The minimum absolute atomic E-state index is 0.0677. The van der Waals surface area contributed by atoms with Crippen LogP contribution in [-0.4, -0.2) is 31.1 Å². The highest BCUT2D eigenvalue weighted by Crippen LogP contribution is 2.38. The maximum Gasteiger partial charge on any atom is 0.421 e. The van der Waals surface area contributed by atoms with Gasteiger partial charge in [0.15, 0.2) is 0 Å². The van der Waals surface area contributed by atoms with Crippen molar-refractivity contribution in [2.24, 2.45) is 0 Å². The summed E-state index contributed by atoms with van der Waals surface area (Å²) in [7, 11) is 0. The number of alkyl halides is 3. The van der Waals surface area contributed by atoms with E-state index in [2.05, 4.69) is 4.90 Å². The van der Waals surface area contributed by atoms with Crippen LogP contribution < -0.4 is 4.90 Å². The zero-order valence-corrected chi connectivity index (χ0v) is 13.1. The Labute approximate surface area is 138 Å². The fourth-order valence-corrected chi connectivity index (χ4v) is 3.05. The molecule has 2 nitrogen and oxygen atoms in total. The Balaban J connectivity index is 1.70. The first-order valence-corrected chi connectivity index (χ1v) is 7.82. The van der Waals surface area contributed by atoms with Crippen LogP contribution in [0.2, 0.25) is 0 Å². The summed E-state index contributed by atoms with van der Waals surface area (Å²) < 4.78 is 53.2. The Morgan fingerprint density at radius 3 is 2.12 bits per heavy atom. The smallest absolute Gasteiger partial charge is 0.368 e. The summed E-state index contributed by atoms with van der Waals surface area (Å²) in [5.74, 6) is -1.22. The van der Waals surface area contributed by atoms with Crippen molar-refractivity contribution in [3.63, 3.8) is 0 Å². The lowest BCUT2D eigenvalue weighted by atomic mass is 10.1. The van der Waals surface area contributed by atoms with Crippen molar-refractivity contribution in [1.82, 2.24) is 4.90 Å². The molecule has 0 amide bonds. The van der Waals surface area contributed by atoms with Gasteiger partial charge in [-0.25, -0.2) is 4.39 Å². The number of piperazine rings is 1. The molecule has 0 saturated carbocycles. The first-order chi connectivity index (χ1) is 11.4. The van der Waals surface area contributed by atoms with Crippen molar-refractivity contribution >= 4 is 5.69 Å². The number of benzene rings is 2. The van der Waals surface area contributed by atoms with Gasteiger partial charge >= 0.3 is 6.18 Å². The molecular formula is C18H18F4N2. The van der Waals surface area contributed by atoms with E-state index in [4.69, 9.17) is 0 Å². The van der Waals surface area contributed by atoms with Crippen molar-refractivity contribution in [2.45, 2.75) is 12.7 Å². The van der Waals surface area contributed by atoms with Crippen LogP contribution in [0.15, 0.2) is 48.5 Å². The van der Waals surface area contributed by atoms with E-state index in [1.165, 1.54) is 17.7 Å². The van der Waals surface area contributed by atoms with E-state index < -0.39 is 17.6 Å². The molecule has 128 valence electrons. The van der Waals surface area contributed by atoms with Crippen LogP contribution in [-0.2, 0) is 12.7 Å². The maximum atomic E-state index is 13.7. The molecule has 6 heteroatoms. The summed E-state index contributed by atoms with van der Waals surface area (Å²) in [6, 6.07) is 13.5. The van der Waals surface area contributed by atoms with Crippen molar-refractivity contribution in [3.05, 3.63) is 65.5 Å². The Hall–Kier alpha value is -2.08. The third-order valence-electron chi connectivity index (χ3n) is 4.24. The second-order valence-corrected chi connectivity index (χ2v) is 5.88. The molecule has 0 radical (unpaired) electrons. The fraction of sp³-hybridized carbons (Fsp3) is 0.333. The van der Waals surface area contributed by atoms with Crippen LogP contribution in [0.4, 0.5) is 23.2 Å². The Bertz CT molecular complexity index is 677. The van der Waals surface area contributed by atoms with Crippen LogP contribution in [0.5, 0.6) is 0 Å². The molecule has 2 aromatic carbocycles. The molecule has 1 fully saturated rings. The van der Waals surface area contributed by atoms with E-state index in [9.17, 15) is 17.6 Å². The van der Waals surface area contributed by atoms with E-state index in [-0.39, 0.29) is 5.69 Å². The highest BCUT2D eigenvalue weighted by molar-refractivity contribution is 5.56. The van der Waals surface area contributed by atoms with Crippen molar-refractivity contribution in [2.75, 3.05) is 31.1 Å². The Morgan fingerprint density at radius 2 is 1.50 bits per heavy atom.